The van der Waals surface area contributed by atoms with Gasteiger partial charge in [0, 0.05) is 32.2 Å². The number of ether oxygens (including phenoxy) is 2. The number of nitrogens with zero attached hydrogens (tertiary/aromatic N) is 4. The summed E-state index contributed by atoms with van der Waals surface area (Å²) in [6.07, 6.45) is 0. The van der Waals surface area contributed by atoms with E-state index in [0.717, 1.165) is 47.8 Å². The fourth-order valence-electron chi connectivity index (χ4n) is 3.82. The van der Waals surface area contributed by atoms with Crippen molar-refractivity contribution in [2.45, 2.75) is 13.8 Å². The molecular formula is C22H26ClN5O3S. The molecule has 3 aromatic rings. The van der Waals surface area contributed by atoms with Gasteiger partial charge in [-0.3, -0.25) is 4.79 Å². The molecule has 0 aliphatic carbocycles. The van der Waals surface area contributed by atoms with E-state index in [1.807, 2.05) is 13.8 Å². The van der Waals surface area contributed by atoms with Crippen LogP contribution < -0.4 is 19.7 Å². The molecule has 1 aliphatic heterocycles. The Bertz CT molecular complexity index is 1170. The van der Waals surface area contributed by atoms with Gasteiger partial charge in [0.25, 0.3) is 5.91 Å². The van der Waals surface area contributed by atoms with Crippen molar-refractivity contribution in [1.29, 1.82) is 0 Å². The lowest BCUT2D eigenvalue weighted by atomic mass is 10.1. The maximum atomic E-state index is 13.3. The van der Waals surface area contributed by atoms with Gasteiger partial charge in [0.05, 0.1) is 35.2 Å². The second-order valence-electron chi connectivity index (χ2n) is 7.76. The monoisotopic (exact) mass is 475 g/mol. The molecule has 1 aliphatic rings. The van der Waals surface area contributed by atoms with E-state index in [1.54, 1.807) is 12.1 Å². The summed E-state index contributed by atoms with van der Waals surface area (Å²) in [7, 11) is 5.18. The summed E-state index contributed by atoms with van der Waals surface area (Å²) >= 11 is 7.63. The van der Waals surface area contributed by atoms with E-state index >= 15 is 0 Å². The number of carbonyl (C=O) groups is 1. The second kappa shape index (κ2) is 9.09. The van der Waals surface area contributed by atoms with Gasteiger partial charge in [-0.25, -0.2) is 9.97 Å². The predicted octanol–water partition coefficient (Wildman–Crippen LogP) is 3.98. The SMILES string of the molecule is COc1cc(OC)c(NC(=O)c2sc3nc(C)nc(N4CCN(C)CC4)c3c2C)cc1Cl. The molecule has 2 aromatic heterocycles. The van der Waals surface area contributed by atoms with Crippen LogP contribution in [0.4, 0.5) is 11.5 Å². The molecule has 1 saturated heterocycles. The number of benzene rings is 1. The number of piperazine rings is 1. The third-order valence-corrected chi connectivity index (χ3v) is 7.09. The van der Waals surface area contributed by atoms with Gasteiger partial charge in [-0.2, -0.15) is 0 Å². The van der Waals surface area contributed by atoms with Crippen molar-refractivity contribution < 1.29 is 14.3 Å². The third-order valence-electron chi connectivity index (χ3n) is 5.61. The fraction of sp³-hybridized carbons (Fsp3) is 0.409. The highest BCUT2D eigenvalue weighted by Crippen LogP contribution is 2.39. The van der Waals surface area contributed by atoms with E-state index in [4.69, 9.17) is 26.1 Å². The van der Waals surface area contributed by atoms with Crippen molar-refractivity contribution in [2.75, 3.05) is 57.7 Å². The Morgan fingerprint density at radius 3 is 2.44 bits per heavy atom. The van der Waals surface area contributed by atoms with Crippen molar-refractivity contribution >= 4 is 50.6 Å². The molecule has 10 heteroatoms. The molecule has 1 amide bonds. The first-order valence-electron chi connectivity index (χ1n) is 10.3. The van der Waals surface area contributed by atoms with Crippen molar-refractivity contribution in [2.24, 2.45) is 0 Å². The lowest BCUT2D eigenvalue weighted by Crippen LogP contribution is -2.45. The van der Waals surface area contributed by atoms with Gasteiger partial charge >= 0.3 is 0 Å². The second-order valence-corrected chi connectivity index (χ2v) is 9.17. The quantitative estimate of drug-likeness (QED) is 0.597. The number of rotatable bonds is 5. The smallest absolute Gasteiger partial charge is 0.266 e. The number of fused-ring (bicyclic) bond motifs is 1. The molecule has 8 nitrogen and oxygen atoms in total. The van der Waals surface area contributed by atoms with Crippen LogP contribution in [0.1, 0.15) is 21.1 Å². The van der Waals surface area contributed by atoms with E-state index in [0.29, 0.717) is 32.9 Å². The minimum Gasteiger partial charge on any atom is -0.495 e. The van der Waals surface area contributed by atoms with Crippen LogP contribution in [0, 0.1) is 13.8 Å². The van der Waals surface area contributed by atoms with E-state index in [9.17, 15) is 4.79 Å². The zero-order valence-electron chi connectivity index (χ0n) is 18.8. The molecule has 170 valence electrons. The first-order valence-corrected chi connectivity index (χ1v) is 11.5. The molecule has 0 spiro atoms. The summed E-state index contributed by atoms with van der Waals surface area (Å²) < 4.78 is 10.6. The van der Waals surface area contributed by atoms with Crippen LogP contribution in [-0.4, -0.2) is 68.2 Å². The maximum absolute atomic E-state index is 13.3. The van der Waals surface area contributed by atoms with Crippen molar-refractivity contribution in [1.82, 2.24) is 14.9 Å². The minimum absolute atomic E-state index is 0.244. The van der Waals surface area contributed by atoms with E-state index in [2.05, 4.69) is 27.1 Å². The average Bonchev–Trinajstić information content (AvgIpc) is 3.10. The maximum Gasteiger partial charge on any atom is 0.266 e. The van der Waals surface area contributed by atoms with Gasteiger partial charge in [-0.05, 0) is 32.5 Å². The zero-order chi connectivity index (χ0) is 23.0. The molecular weight excluding hydrogens is 450 g/mol. The number of aromatic nitrogens is 2. The molecule has 32 heavy (non-hydrogen) atoms. The summed E-state index contributed by atoms with van der Waals surface area (Å²) in [5.41, 5.74) is 1.34. The summed E-state index contributed by atoms with van der Waals surface area (Å²) in [6, 6.07) is 3.27. The highest BCUT2D eigenvalue weighted by Gasteiger charge is 2.25. The van der Waals surface area contributed by atoms with Crippen LogP contribution in [0.3, 0.4) is 0 Å². The molecule has 1 N–H and O–H groups in total. The standard InChI is InChI=1S/C22H26ClN5O3S/c1-12-18-20(28-8-6-27(3)7-9-28)24-13(2)25-22(18)32-19(12)21(29)26-15-10-14(23)16(30-4)11-17(15)31-5/h10-11H,6-9H2,1-5H3,(H,26,29). The van der Waals surface area contributed by atoms with Gasteiger partial charge in [0.2, 0.25) is 0 Å². The Kier molecular flexibility index (Phi) is 6.41. The van der Waals surface area contributed by atoms with Crippen LogP contribution in [0.25, 0.3) is 10.2 Å². The highest BCUT2D eigenvalue weighted by atomic mass is 35.5. The molecule has 0 radical (unpaired) electrons. The normalized spacial score (nSPS) is 14.6. The lowest BCUT2D eigenvalue weighted by Gasteiger charge is -2.33. The number of carbonyl (C=O) groups excluding carboxylic acids is 1. The molecule has 4 rings (SSSR count). The van der Waals surface area contributed by atoms with E-state index in [-0.39, 0.29) is 5.91 Å². The van der Waals surface area contributed by atoms with Crippen LogP contribution in [-0.2, 0) is 0 Å². The Hall–Kier alpha value is -2.62. The number of thiophene rings is 1. The topological polar surface area (TPSA) is 79.8 Å². The number of likely N-dealkylation sites (N-methyl/N-ethyl adjacent to an activating group) is 1. The molecule has 1 fully saturated rings. The van der Waals surface area contributed by atoms with Crippen LogP contribution >= 0.6 is 22.9 Å². The van der Waals surface area contributed by atoms with Gasteiger partial charge in [0.1, 0.15) is 28.0 Å². The molecule has 0 unspecified atom stereocenters. The van der Waals surface area contributed by atoms with Crippen LogP contribution in [0.5, 0.6) is 11.5 Å². The third kappa shape index (κ3) is 4.20. The fourth-order valence-corrected chi connectivity index (χ4v) is 5.18. The van der Waals surface area contributed by atoms with Gasteiger partial charge < -0.3 is 24.6 Å². The van der Waals surface area contributed by atoms with Crippen molar-refractivity contribution in [3.8, 4) is 11.5 Å². The molecule has 0 saturated carbocycles. The van der Waals surface area contributed by atoms with E-state index < -0.39 is 0 Å². The van der Waals surface area contributed by atoms with Crippen molar-refractivity contribution in [3.05, 3.63) is 33.4 Å². The molecule has 3 heterocycles. The molecule has 0 atom stereocenters. The minimum atomic E-state index is -0.244. The number of hydrogen-bond donors (Lipinski definition) is 1. The molecule has 0 bridgehead atoms. The van der Waals surface area contributed by atoms with Crippen LogP contribution in [0.2, 0.25) is 5.02 Å². The Morgan fingerprint density at radius 1 is 1.09 bits per heavy atom. The first-order chi connectivity index (χ1) is 15.3. The highest BCUT2D eigenvalue weighted by molar-refractivity contribution is 7.20. The molecule has 1 aromatic carbocycles. The Morgan fingerprint density at radius 2 is 1.78 bits per heavy atom. The summed E-state index contributed by atoms with van der Waals surface area (Å²) in [6.45, 7) is 7.56. The Labute approximate surface area is 196 Å². The number of anilines is 2. The first kappa shape index (κ1) is 22.6. The Balaban J connectivity index is 1.71. The predicted molar refractivity (Wildman–Crippen MR) is 129 cm³/mol. The number of hydrogen-bond acceptors (Lipinski definition) is 8. The van der Waals surface area contributed by atoms with E-state index in [1.165, 1.54) is 25.6 Å². The van der Waals surface area contributed by atoms with Crippen molar-refractivity contribution in [3.63, 3.8) is 0 Å². The number of amides is 1. The summed E-state index contributed by atoms with van der Waals surface area (Å²) in [4.78, 5) is 28.6. The van der Waals surface area contributed by atoms with Gasteiger partial charge in [-0.1, -0.05) is 11.6 Å². The average molecular weight is 476 g/mol. The number of halogens is 1. The summed E-state index contributed by atoms with van der Waals surface area (Å²) in [5.74, 6) is 2.29. The largest absolute Gasteiger partial charge is 0.495 e. The lowest BCUT2D eigenvalue weighted by molar-refractivity contribution is 0.102. The zero-order valence-corrected chi connectivity index (χ0v) is 20.4. The van der Waals surface area contributed by atoms with Gasteiger partial charge in [0.15, 0.2) is 0 Å². The summed E-state index contributed by atoms with van der Waals surface area (Å²) in [5, 5.41) is 4.25. The number of methoxy groups -OCH3 is 2. The van der Waals surface area contributed by atoms with Gasteiger partial charge in [-0.15, -0.1) is 11.3 Å². The number of nitrogens with one attached hydrogen (secondary N) is 1. The van der Waals surface area contributed by atoms with Crippen LogP contribution in [0.15, 0.2) is 12.1 Å². The number of aryl methyl sites for hydroxylation is 2.